The molecule has 0 saturated heterocycles. The predicted molar refractivity (Wildman–Crippen MR) is 87.3 cm³/mol. The first-order valence-electron chi connectivity index (χ1n) is 7.70. The van der Waals surface area contributed by atoms with Crippen LogP contribution in [0.2, 0.25) is 0 Å². The van der Waals surface area contributed by atoms with Crippen LogP contribution in [0.3, 0.4) is 0 Å². The highest BCUT2D eigenvalue weighted by molar-refractivity contribution is 6.22. The molecule has 0 radical (unpaired) electrons. The molecule has 2 rings (SSSR count). The summed E-state index contributed by atoms with van der Waals surface area (Å²) >= 11 is 0. The van der Waals surface area contributed by atoms with Gasteiger partial charge in [0.25, 0.3) is 11.8 Å². The van der Waals surface area contributed by atoms with Crippen LogP contribution in [0.15, 0.2) is 24.3 Å². The van der Waals surface area contributed by atoms with E-state index in [1.165, 1.54) is 4.90 Å². The minimum absolute atomic E-state index is 0.182. The standard InChI is InChI=1S/C17H21N3O4/c1-10(2)14(15(22)18-9-13(21)19(3)4)20-16(23)11-7-5-6-8-12(11)17(20)24/h5-8,10,14H,9H2,1-4H3,(H,18,22)/t14-/m0/s1. The third-order valence-corrected chi connectivity index (χ3v) is 3.92. The van der Waals surface area contributed by atoms with E-state index in [0.717, 1.165) is 4.90 Å². The van der Waals surface area contributed by atoms with Gasteiger partial charge < -0.3 is 10.2 Å². The molecule has 1 aliphatic rings. The summed E-state index contributed by atoms with van der Waals surface area (Å²) in [7, 11) is 3.16. The van der Waals surface area contributed by atoms with E-state index in [1.807, 2.05) is 0 Å². The van der Waals surface area contributed by atoms with E-state index in [4.69, 9.17) is 0 Å². The highest BCUT2D eigenvalue weighted by Crippen LogP contribution is 2.27. The van der Waals surface area contributed by atoms with E-state index in [1.54, 1.807) is 52.2 Å². The Balaban J connectivity index is 2.23. The van der Waals surface area contributed by atoms with Gasteiger partial charge in [-0.3, -0.25) is 24.1 Å². The second-order valence-electron chi connectivity index (χ2n) is 6.22. The molecule has 4 amide bonds. The molecule has 7 nitrogen and oxygen atoms in total. The fourth-order valence-electron chi connectivity index (χ4n) is 2.60. The number of nitrogens with one attached hydrogen (secondary N) is 1. The van der Waals surface area contributed by atoms with Crippen molar-refractivity contribution < 1.29 is 19.2 Å². The van der Waals surface area contributed by atoms with Gasteiger partial charge in [0.2, 0.25) is 11.8 Å². The third-order valence-electron chi connectivity index (χ3n) is 3.92. The Morgan fingerprint density at radius 1 is 1.08 bits per heavy atom. The molecule has 1 aromatic rings. The number of rotatable bonds is 5. The molecule has 1 aliphatic heterocycles. The minimum atomic E-state index is -0.965. The molecule has 0 bridgehead atoms. The van der Waals surface area contributed by atoms with Crippen molar-refractivity contribution >= 4 is 23.6 Å². The minimum Gasteiger partial charge on any atom is -0.347 e. The van der Waals surface area contributed by atoms with Crippen molar-refractivity contribution in [2.45, 2.75) is 19.9 Å². The van der Waals surface area contributed by atoms with Gasteiger partial charge in [-0.1, -0.05) is 26.0 Å². The normalized spacial score (nSPS) is 14.6. The highest BCUT2D eigenvalue weighted by Gasteiger charge is 2.43. The molecule has 7 heteroatoms. The molecule has 0 unspecified atom stereocenters. The molecule has 0 aromatic heterocycles. The fraction of sp³-hybridized carbons (Fsp3) is 0.412. The number of carbonyl (C=O) groups excluding carboxylic acids is 4. The molecule has 1 heterocycles. The monoisotopic (exact) mass is 331 g/mol. The van der Waals surface area contributed by atoms with E-state index < -0.39 is 23.8 Å². The number of benzene rings is 1. The summed E-state index contributed by atoms with van der Waals surface area (Å²) in [5, 5.41) is 2.51. The number of nitrogens with zero attached hydrogens (tertiary/aromatic N) is 2. The summed E-state index contributed by atoms with van der Waals surface area (Å²) in [6, 6.07) is 5.52. The molecular weight excluding hydrogens is 310 g/mol. The van der Waals surface area contributed by atoms with E-state index >= 15 is 0 Å². The van der Waals surface area contributed by atoms with Gasteiger partial charge in [-0.15, -0.1) is 0 Å². The topological polar surface area (TPSA) is 86.8 Å². The average molecular weight is 331 g/mol. The maximum absolute atomic E-state index is 12.6. The van der Waals surface area contributed by atoms with Crippen LogP contribution in [0.4, 0.5) is 0 Å². The molecule has 0 aliphatic carbocycles. The van der Waals surface area contributed by atoms with Crippen LogP contribution in [0.1, 0.15) is 34.6 Å². The van der Waals surface area contributed by atoms with Gasteiger partial charge >= 0.3 is 0 Å². The smallest absolute Gasteiger partial charge is 0.262 e. The lowest BCUT2D eigenvalue weighted by molar-refractivity contribution is -0.132. The van der Waals surface area contributed by atoms with Crippen LogP contribution in [0, 0.1) is 5.92 Å². The Labute approximate surface area is 140 Å². The van der Waals surface area contributed by atoms with E-state index in [9.17, 15) is 19.2 Å². The van der Waals surface area contributed by atoms with Gasteiger partial charge in [0, 0.05) is 14.1 Å². The number of likely N-dealkylation sites (N-methyl/N-ethyl adjacent to an activating group) is 1. The molecule has 0 saturated carbocycles. The number of amides is 4. The molecule has 0 fully saturated rings. The van der Waals surface area contributed by atoms with Crippen molar-refractivity contribution in [3.63, 3.8) is 0 Å². The van der Waals surface area contributed by atoms with Gasteiger partial charge in [0.1, 0.15) is 6.04 Å². The van der Waals surface area contributed by atoms with Crippen LogP contribution in [0.5, 0.6) is 0 Å². The van der Waals surface area contributed by atoms with Crippen LogP contribution in [0.25, 0.3) is 0 Å². The molecule has 128 valence electrons. The quantitative estimate of drug-likeness (QED) is 0.797. The van der Waals surface area contributed by atoms with Crippen molar-refractivity contribution in [3.05, 3.63) is 35.4 Å². The molecule has 24 heavy (non-hydrogen) atoms. The molecule has 1 N–H and O–H groups in total. The zero-order valence-corrected chi connectivity index (χ0v) is 14.2. The summed E-state index contributed by atoms with van der Waals surface area (Å²) in [4.78, 5) is 51.6. The average Bonchev–Trinajstić information content (AvgIpc) is 2.78. The lowest BCUT2D eigenvalue weighted by atomic mass is 10.0. The zero-order valence-electron chi connectivity index (χ0n) is 14.2. The van der Waals surface area contributed by atoms with Crippen LogP contribution in [-0.4, -0.2) is 60.1 Å². The Kier molecular flexibility index (Phi) is 5.02. The lowest BCUT2D eigenvalue weighted by Gasteiger charge is -2.28. The van der Waals surface area contributed by atoms with Gasteiger partial charge in [-0.2, -0.15) is 0 Å². The van der Waals surface area contributed by atoms with Crippen LogP contribution < -0.4 is 5.32 Å². The maximum Gasteiger partial charge on any atom is 0.262 e. The molecule has 1 aromatic carbocycles. The van der Waals surface area contributed by atoms with Gasteiger partial charge in [0.15, 0.2) is 0 Å². The Morgan fingerprint density at radius 2 is 1.58 bits per heavy atom. The van der Waals surface area contributed by atoms with Crippen molar-refractivity contribution in [1.82, 2.24) is 15.1 Å². The Bertz CT molecular complexity index is 662. The Hall–Kier alpha value is -2.70. The third kappa shape index (κ3) is 3.15. The highest BCUT2D eigenvalue weighted by atomic mass is 16.2. The van der Waals surface area contributed by atoms with Crippen molar-refractivity contribution in [2.24, 2.45) is 5.92 Å². The summed E-state index contributed by atoms with van der Waals surface area (Å²) in [6.45, 7) is 3.32. The second kappa shape index (κ2) is 6.82. The SMILES string of the molecule is CC(C)[C@@H](C(=O)NCC(=O)N(C)C)N1C(=O)c2ccccc2C1=O. The molecular formula is C17H21N3O4. The fourth-order valence-corrected chi connectivity index (χ4v) is 2.60. The predicted octanol–water partition coefficient (Wildman–Crippen LogP) is 0.512. The van der Waals surface area contributed by atoms with Crippen molar-refractivity contribution in [1.29, 1.82) is 0 Å². The van der Waals surface area contributed by atoms with E-state index in [-0.39, 0.29) is 18.4 Å². The van der Waals surface area contributed by atoms with Crippen LogP contribution >= 0.6 is 0 Å². The van der Waals surface area contributed by atoms with Gasteiger partial charge in [-0.05, 0) is 18.1 Å². The summed E-state index contributed by atoms with van der Waals surface area (Å²) in [6.07, 6.45) is 0. The van der Waals surface area contributed by atoms with Gasteiger partial charge in [-0.25, -0.2) is 0 Å². The van der Waals surface area contributed by atoms with Crippen molar-refractivity contribution in [2.75, 3.05) is 20.6 Å². The largest absolute Gasteiger partial charge is 0.347 e. The van der Waals surface area contributed by atoms with E-state index in [2.05, 4.69) is 5.32 Å². The first kappa shape index (κ1) is 17.7. The van der Waals surface area contributed by atoms with Crippen LogP contribution in [-0.2, 0) is 9.59 Å². The summed E-state index contributed by atoms with van der Waals surface area (Å²) in [5.41, 5.74) is 0.593. The number of carbonyl (C=O) groups is 4. The second-order valence-corrected chi connectivity index (χ2v) is 6.22. The lowest BCUT2D eigenvalue weighted by Crippen LogP contribution is -2.53. The number of imide groups is 1. The number of hydrogen-bond acceptors (Lipinski definition) is 4. The van der Waals surface area contributed by atoms with Crippen molar-refractivity contribution in [3.8, 4) is 0 Å². The molecule has 1 atom stereocenters. The summed E-state index contributed by atoms with van der Waals surface area (Å²) < 4.78 is 0. The van der Waals surface area contributed by atoms with E-state index in [0.29, 0.717) is 11.1 Å². The number of fused-ring (bicyclic) bond motifs is 1. The molecule has 0 spiro atoms. The first-order valence-corrected chi connectivity index (χ1v) is 7.70. The summed E-state index contributed by atoms with van der Waals surface area (Å²) in [5.74, 6) is -2.05. The first-order chi connectivity index (χ1) is 11.3. The number of hydrogen-bond donors (Lipinski definition) is 1. The zero-order chi connectivity index (χ0) is 18.0. The maximum atomic E-state index is 12.6. The van der Waals surface area contributed by atoms with Gasteiger partial charge in [0.05, 0.1) is 17.7 Å². The Morgan fingerprint density at radius 3 is 2.00 bits per heavy atom.